The monoisotopic (exact) mass is 453 g/mol. The zero-order valence-electron chi connectivity index (χ0n) is 17.8. The Kier molecular flexibility index (Phi) is 6.39. The minimum absolute atomic E-state index is 0.226. The molecule has 31 heavy (non-hydrogen) atoms. The van der Waals surface area contributed by atoms with E-state index in [0.29, 0.717) is 5.02 Å². The van der Waals surface area contributed by atoms with Crippen molar-refractivity contribution >= 4 is 39.8 Å². The quantitative estimate of drug-likeness (QED) is 0.322. The Bertz CT molecular complexity index is 1250. The fourth-order valence-electron chi connectivity index (χ4n) is 3.60. The van der Waals surface area contributed by atoms with E-state index in [2.05, 4.69) is 12.0 Å². The number of benzene rings is 2. The molecule has 0 radical (unpaired) electrons. The Balaban J connectivity index is 1.45. The van der Waals surface area contributed by atoms with Crippen LogP contribution in [-0.2, 0) is 35.5 Å². The number of carbonyl (C=O) groups is 1. The van der Waals surface area contributed by atoms with Crippen LogP contribution < -0.4 is 0 Å². The number of esters is 1. The second-order valence-electron chi connectivity index (χ2n) is 7.39. The molecule has 0 aliphatic rings. The second kappa shape index (κ2) is 9.20. The summed E-state index contributed by atoms with van der Waals surface area (Å²) < 4.78 is 7.51. The summed E-state index contributed by atoms with van der Waals surface area (Å²) in [5.74, 6) is -0.248. The highest BCUT2D eigenvalue weighted by Gasteiger charge is 2.17. The van der Waals surface area contributed by atoms with Gasteiger partial charge in [0.1, 0.15) is 11.6 Å². The van der Waals surface area contributed by atoms with Gasteiger partial charge in [0, 0.05) is 27.4 Å². The first-order chi connectivity index (χ1) is 15.0. The molecule has 2 aromatic carbocycles. The van der Waals surface area contributed by atoms with E-state index in [4.69, 9.17) is 21.3 Å². The summed E-state index contributed by atoms with van der Waals surface area (Å²) >= 11 is 7.63. The Morgan fingerprint density at radius 2 is 2.03 bits per heavy atom. The van der Waals surface area contributed by atoms with Gasteiger partial charge in [-0.15, -0.1) is 11.3 Å². The van der Waals surface area contributed by atoms with Crippen molar-refractivity contribution in [3.05, 3.63) is 69.3 Å². The summed E-state index contributed by atoms with van der Waals surface area (Å²) in [7, 11) is 0. The summed E-state index contributed by atoms with van der Waals surface area (Å²) in [5, 5.41) is 7.02. The number of thiazole rings is 1. The fraction of sp³-hybridized carbons (Fsp3) is 0.292. The van der Waals surface area contributed by atoms with E-state index >= 15 is 0 Å². The minimum atomic E-state index is -0.248. The molecule has 160 valence electrons. The number of fused-ring (bicyclic) bond motifs is 1. The van der Waals surface area contributed by atoms with Crippen molar-refractivity contribution in [1.29, 1.82) is 0 Å². The van der Waals surface area contributed by atoms with Gasteiger partial charge in [-0.2, -0.15) is 5.10 Å². The van der Waals surface area contributed by atoms with Gasteiger partial charge in [-0.3, -0.25) is 9.48 Å². The van der Waals surface area contributed by atoms with E-state index in [9.17, 15) is 4.79 Å². The Morgan fingerprint density at radius 3 is 2.77 bits per heavy atom. The van der Waals surface area contributed by atoms with Crippen LogP contribution in [0.1, 0.15) is 35.5 Å². The van der Waals surface area contributed by atoms with E-state index < -0.39 is 0 Å². The van der Waals surface area contributed by atoms with Crippen molar-refractivity contribution in [2.24, 2.45) is 0 Å². The molecule has 0 aliphatic heterocycles. The summed E-state index contributed by atoms with van der Waals surface area (Å²) in [6, 6.07) is 11.8. The van der Waals surface area contributed by atoms with Crippen LogP contribution >= 0.6 is 22.9 Å². The zero-order valence-corrected chi connectivity index (χ0v) is 19.4. The number of ether oxygens (including phenoxy) is 1. The number of nitrogens with zero attached hydrogens (tertiary/aromatic N) is 3. The van der Waals surface area contributed by atoms with Gasteiger partial charge in [0.2, 0.25) is 0 Å². The van der Waals surface area contributed by atoms with Crippen LogP contribution in [0.3, 0.4) is 0 Å². The van der Waals surface area contributed by atoms with Crippen LogP contribution in [0.5, 0.6) is 0 Å². The molecule has 0 saturated carbocycles. The molecule has 5 nitrogen and oxygen atoms in total. The number of aromatic nitrogens is 3. The standard InChI is InChI=1S/C24H24ClN3O2S/c1-4-20-22(31-24(27-20)19-8-7-18(25)10-15(19)3)12-23(29)30-14-16-6-9-21-17(11-16)13-26-28(21)5-2/h6-11,13H,4-5,12,14H2,1-3H3. The molecule has 0 amide bonds. The van der Waals surface area contributed by atoms with Crippen molar-refractivity contribution in [2.75, 3.05) is 0 Å². The molecule has 0 unspecified atom stereocenters. The first kappa shape index (κ1) is 21.5. The van der Waals surface area contributed by atoms with E-state index in [1.165, 1.54) is 0 Å². The van der Waals surface area contributed by atoms with E-state index in [1.54, 1.807) is 11.3 Å². The number of hydrogen-bond acceptors (Lipinski definition) is 5. The van der Waals surface area contributed by atoms with Crippen LogP contribution in [0, 0.1) is 6.92 Å². The number of rotatable bonds is 7. The average molecular weight is 454 g/mol. The van der Waals surface area contributed by atoms with Crippen molar-refractivity contribution in [1.82, 2.24) is 14.8 Å². The maximum absolute atomic E-state index is 12.5. The molecule has 0 saturated heterocycles. The first-order valence-electron chi connectivity index (χ1n) is 10.3. The van der Waals surface area contributed by atoms with E-state index in [-0.39, 0.29) is 19.0 Å². The molecular weight excluding hydrogens is 430 g/mol. The molecular formula is C24H24ClN3O2S. The molecule has 2 aromatic heterocycles. The largest absolute Gasteiger partial charge is 0.461 e. The van der Waals surface area contributed by atoms with Gasteiger partial charge >= 0.3 is 5.97 Å². The van der Waals surface area contributed by atoms with E-state index in [0.717, 1.165) is 56.1 Å². The molecule has 7 heteroatoms. The lowest BCUT2D eigenvalue weighted by atomic mass is 10.1. The van der Waals surface area contributed by atoms with Gasteiger partial charge < -0.3 is 4.74 Å². The minimum Gasteiger partial charge on any atom is -0.461 e. The van der Waals surface area contributed by atoms with Crippen LogP contribution in [0.2, 0.25) is 5.02 Å². The Morgan fingerprint density at radius 1 is 1.19 bits per heavy atom. The van der Waals surface area contributed by atoms with Crippen LogP contribution in [0.4, 0.5) is 0 Å². The third kappa shape index (κ3) is 4.65. The Labute approximate surface area is 190 Å². The smallest absolute Gasteiger partial charge is 0.311 e. The summed E-state index contributed by atoms with van der Waals surface area (Å²) in [4.78, 5) is 18.3. The molecule has 4 rings (SSSR count). The molecule has 0 spiro atoms. The molecule has 4 aromatic rings. The fourth-order valence-corrected chi connectivity index (χ4v) is 5.06. The zero-order chi connectivity index (χ0) is 22.0. The molecule has 0 atom stereocenters. The van der Waals surface area contributed by atoms with Crippen molar-refractivity contribution < 1.29 is 9.53 Å². The predicted molar refractivity (Wildman–Crippen MR) is 126 cm³/mol. The van der Waals surface area contributed by atoms with Gasteiger partial charge in [0.15, 0.2) is 0 Å². The lowest BCUT2D eigenvalue weighted by Gasteiger charge is -2.06. The van der Waals surface area contributed by atoms with Gasteiger partial charge in [0.05, 0.1) is 23.8 Å². The van der Waals surface area contributed by atoms with Gasteiger partial charge in [-0.05, 0) is 55.7 Å². The van der Waals surface area contributed by atoms with Crippen LogP contribution in [0.15, 0.2) is 42.6 Å². The van der Waals surface area contributed by atoms with Crippen LogP contribution in [0.25, 0.3) is 21.5 Å². The maximum Gasteiger partial charge on any atom is 0.311 e. The summed E-state index contributed by atoms with van der Waals surface area (Å²) in [6.45, 7) is 7.20. The highest BCUT2D eigenvalue weighted by molar-refractivity contribution is 7.15. The SMILES string of the molecule is CCc1nc(-c2ccc(Cl)cc2C)sc1CC(=O)OCc1ccc2c(cnn2CC)c1. The van der Waals surface area contributed by atoms with Crippen molar-refractivity contribution in [2.45, 2.75) is 46.8 Å². The number of aryl methyl sites for hydroxylation is 3. The van der Waals surface area contributed by atoms with Crippen molar-refractivity contribution in [3.63, 3.8) is 0 Å². The molecule has 0 fully saturated rings. The topological polar surface area (TPSA) is 57.0 Å². The molecule has 2 heterocycles. The second-order valence-corrected chi connectivity index (χ2v) is 8.91. The number of carbonyl (C=O) groups excluding carboxylic acids is 1. The maximum atomic E-state index is 12.5. The van der Waals surface area contributed by atoms with Crippen molar-refractivity contribution in [3.8, 4) is 10.6 Å². The van der Waals surface area contributed by atoms with E-state index in [1.807, 2.05) is 61.1 Å². The van der Waals surface area contributed by atoms with Gasteiger partial charge in [-0.25, -0.2) is 4.98 Å². The predicted octanol–water partition coefficient (Wildman–Crippen LogP) is 5.99. The summed E-state index contributed by atoms with van der Waals surface area (Å²) in [6.07, 6.45) is 2.84. The normalized spacial score (nSPS) is 11.2. The number of hydrogen-bond donors (Lipinski definition) is 0. The third-order valence-corrected chi connectivity index (χ3v) is 6.61. The average Bonchev–Trinajstić information content (AvgIpc) is 3.35. The summed E-state index contributed by atoms with van der Waals surface area (Å²) in [5.41, 5.74) is 5.10. The van der Waals surface area contributed by atoms with Gasteiger partial charge in [0.25, 0.3) is 0 Å². The molecule has 0 N–H and O–H groups in total. The lowest BCUT2D eigenvalue weighted by molar-refractivity contribution is -0.144. The third-order valence-electron chi connectivity index (χ3n) is 5.24. The highest BCUT2D eigenvalue weighted by atomic mass is 35.5. The first-order valence-corrected chi connectivity index (χ1v) is 11.5. The molecule has 0 aliphatic carbocycles. The number of halogens is 1. The Hall–Kier alpha value is -2.70. The highest BCUT2D eigenvalue weighted by Crippen LogP contribution is 2.32. The lowest BCUT2D eigenvalue weighted by Crippen LogP contribution is -2.08. The van der Waals surface area contributed by atoms with Gasteiger partial charge in [-0.1, -0.05) is 30.7 Å². The van der Waals surface area contributed by atoms with Crippen LogP contribution in [-0.4, -0.2) is 20.7 Å². The molecule has 0 bridgehead atoms.